The molecule has 1 nitrogen and oxygen atoms in total. The second-order valence-corrected chi connectivity index (χ2v) is 4.73. The normalized spacial score (nSPS) is 20.1. The Morgan fingerprint density at radius 1 is 1.40 bits per heavy atom. The molecule has 1 aliphatic rings. The van der Waals surface area contributed by atoms with Crippen LogP contribution in [0.15, 0.2) is 6.07 Å². The zero-order valence-electron chi connectivity index (χ0n) is 9.93. The zero-order valence-corrected chi connectivity index (χ0v) is 9.93. The van der Waals surface area contributed by atoms with E-state index in [0.29, 0.717) is 11.7 Å². The number of rotatable bonds is 1. The van der Waals surface area contributed by atoms with Crippen LogP contribution in [0.1, 0.15) is 54.4 Å². The second-order valence-electron chi connectivity index (χ2n) is 4.73. The van der Waals surface area contributed by atoms with E-state index < -0.39 is 0 Å². The Labute approximate surface area is 92.1 Å². The number of fused-ring (bicyclic) bond motifs is 1. The fraction of sp³-hybridized carbons (Fsp3) is 0.571. The summed E-state index contributed by atoms with van der Waals surface area (Å²) in [6.07, 6.45) is 4.80. The number of hydrogen-bond donors (Lipinski definition) is 1. The van der Waals surface area contributed by atoms with Crippen LogP contribution in [-0.4, -0.2) is 5.11 Å². The quantitative estimate of drug-likeness (QED) is 0.737. The fourth-order valence-electron chi connectivity index (χ4n) is 2.84. The van der Waals surface area contributed by atoms with Crippen LogP contribution in [0.3, 0.4) is 0 Å². The molecule has 0 spiro atoms. The van der Waals surface area contributed by atoms with Crippen molar-refractivity contribution in [2.75, 3.05) is 0 Å². The zero-order chi connectivity index (χ0) is 11.0. The third-order valence-corrected chi connectivity index (χ3v) is 3.88. The lowest BCUT2D eigenvalue weighted by Crippen LogP contribution is -2.11. The molecule has 0 radical (unpaired) electrons. The molecule has 0 amide bonds. The van der Waals surface area contributed by atoms with Crippen LogP contribution in [0, 0.1) is 13.8 Å². The van der Waals surface area contributed by atoms with E-state index in [4.69, 9.17) is 0 Å². The molecular formula is C14H20O. The Morgan fingerprint density at radius 2 is 2.13 bits per heavy atom. The van der Waals surface area contributed by atoms with Gasteiger partial charge in [-0.05, 0) is 68.2 Å². The van der Waals surface area contributed by atoms with Crippen LogP contribution in [0.5, 0.6) is 5.75 Å². The van der Waals surface area contributed by atoms with Gasteiger partial charge in [0, 0.05) is 5.56 Å². The number of phenols is 1. The smallest absolute Gasteiger partial charge is 0.119 e. The highest BCUT2D eigenvalue weighted by Gasteiger charge is 2.24. The Morgan fingerprint density at radius 3 is 2.80 bits per heavy atom. The van der Waals surface area contributed by atoms with Crippen molar-refractivity contribution in [3.05, 3.63) is 28.3 Å². The molecule has 1 aliphatic carbocycles. The Bertz CT molecular complexity index is 379. The second kappa shape index (κ2) is 3.88. The number of aryl methyl sites for hydroxylation is 1. The lowest BCUT2D eigenvalue weighted by molar-refractivity contribution is 0.440. The standard InChI is InChI=1S/C14H20O/c1-4-11-6-5-7-12-10(3)9(2)8-13(15)14(11)12/h8,11,15H,4-7H2,1-3H3. The summed E-state index contributed by atoms with van der Waals surface area (Å²) in [5, 5.41) is 10.1. The summed E-state index contributed by atoms with van der Waals surface area (Å²) in [4.78, 5) is 0. The molecule has 0 fully saturated rings. The van der Waals surface area contributed by atoms with E-state index in [2.05, 4.69) is 20.8 Å². The molecule has 1 aromatic carbocycles. The van der Waals surface area contributed by atoms with Crippen LogP contribution in [0.4, 0.5) is 0 Å². The summed E-state index contributed by atoms with van der Waals surface area (Å²) in [5.74, 6) is 1.10. The highest BCUT2D eigenvalue weighted by Crippen LogP contribution is 2.41. The fourth-order valence-corrected chi connectivity index (χ4v) is 2.84. The van der Waals surface area contributed by atoms with Gasteiger partial charge in [0.05, 0.1) is 0 Å². The SMILES string of the molecule is CCC1CCCc2c(C)c(C)cc(O)c21. The number of hydrogen-bond acceptors (Lipinski definition) is 1. The lowest BCUT2D eigenvalue weighted by Gasteiger charge is -2.27. The maximum Gasteiger partial charge on any atom is 0.119 e. The molecule has 1 N–H and O–H groups in total. The average Bonchev–Trinajstić information content (AvgIpc) is 2.25. The van der Waals surface area contributed by atoms with Crippen LogP contribution in [0.2, 0.25) is 0 Å². The summed E-state index contributed by atoms with van der Waals surface area (Å²) in [5.41, 5.74) is 5.28. The summed E-state index contributed by atoms with van der Waals surface area (Å²) in [7, 11) is 0. The Balaban J connectivity index is 2.61. The molecule has 0 saturated carbocycles. The van der Waals surface area contributed by atoms with Crippen LogP contribution >= 0.6 is 0 Å². The van der Waals surface area contributed by atoms with Crippen LogP contribution < -0.4 is 0 Å². The van der Waals surface area contributed by atoms with E-state index in [-0.39, 0.29) is 0 Å². The highest BCUT2D eigenvalue weighted by molar-refractivity contribution is 5.51. The van der Waals surface area contributed by atoms with E-state index in [1.165, 1.54) is 35.1 Å². The third kappa shape index (κ3) is 1.64. The molecule has 1 unspecified atom stereocenters. The minimum Gasteiger partial charge on any atom is -0.508 e. The summed E-state index contributed by atoms with van der Waals surface area (Å²) in [6, 6.07) is 1.93. The van der Waals surface area contributed by atoms with Crippen LogP contribution in [-0.2, 0) is 6.42 Å². The third-order valence-electron chi connectivity index (χ3n) is 3.88. The summed E-state index contributed by atoms with van der Waals surface area (Å²) < 4.78 is 0. The van der Waals surface area contributed by atoms with Crippen molar-refractivity contribution in [3.8, 4) is 5.75 Å². The predicted octanol–water partition coefficient (Wildman–Crippen LogP) is 3.84. The summed E-state index contributed by atoms with van der Waals surface area (Å²) in [6.45, 7) is 6.49. The van der Waals surface area contributed by atoms with Gasteiger partial charge < -0.3 is 5.11 Å². The molecule has 0 heterocycles. The van der Waals surface area contributed by atoms with Crippen molar-refractivity contribution in [2.24, 2.45) is 0 Å². The van der Waals surface area contributed by atoms with Crippen molar-refractivity contribution in [1.29, 1.82) is 0 Å². The maximum absolute atomic E-state index is 10.1. The monoisotopic (exact) mass is 204 g/mol. The topological polar surface area (TPSA) is 20.2 Å². The number of aromatic hydroxyl groups is 1. The van der Waals surface area contributed by atoms with Crippen LogP contribution in [0.25, 0.3) is 0 Å². The lowest BCUT2D eigenvalue weighted by atomic mass is 9.78. The van der Waals surface area contributed by atoms with Crippen molar-refractivity contribution in [1.82, 2.24) is 0 Å². The molecule has 0 bridgehead atoms. The van der Waals surface area contributed by atoms with Gasteiger partial charge in [-0.3, -0.25) is 0 Å². The molecule has 0 aliphatic heterocycles. The van der Waals surface area contributed by atoms with Crippen molar-refractivity contribution >= 4 is 0 Å². The first-order valence-corrected chi connectivity index (χ1v) is 5.97. The summed E-state index contributed by atoms with van der Waals surface area (Å²) >= 11 is 0. The first-order valence-electron chi connectivity index (χ1n) is 5.97. The molecule has 0 saturated heterocycles. The molecule has 1 heteroatoms. The van der Waals surface area contributed by atoms with Gasteiger partial charge in [-0.2, -0.15) is 0 Å². The van der Waals surface area contributed by atoms with Crippen molar-refractivity contribution in [3.63, 3.8) is 0 Å². The molecule has 0 aromatic heterocycles. The number of phenolic OH excluding ortho intramolecular Hbond substituents is 1. The van der Waals surface area contributed by atoms with Gasteiger partial charge in [0.25, 0.3) is 0 Å². The van der Waals surface area contributed by atoms with Gasteiger partial charge in [0.15, 0.2) is 0 Å². The molecule has 15 heavy (non-hydrogen) atoms. The molecule has 82 valence electrons. The van der Waals surface area contributed by atoms with E-state index in [1.54, 1.807) is 0 Å². The van der Waals surface area contributed by atoms with Crippen molar-refractivity contribution in [2.45, 2.75) is 52.4 Å². The predicted molar refractivity (Wildman–Crippen MR) is 63.6 cm³/mol. The molecular weight excluding hydrogens is 184 g/mol. The Kier molecular flexibility index (Phi) is 2.72. The highest BCUT2D eigenvalue weighted by atomic mass is 16.3. The van der Waals surface area contributed by atoms with Gasteiger partial charge in [-0.25, -0.2) is 0 Å². The van der Waals surface area contributed by atoms with Gasteiger partial charge in [-0.1, -0.05) is 6.92 Å². The maximum atomic E-state index is 10.1. The van der Waals surface area contributed by atoms with Crippen molar-refractivity contribution < 1.29 is 5.11 Å². The minimum atomic E-state index is 0.527. The Hall–Kier alpha value is -0.980. The number of benzene rings is 1. The molecule has 1 atom stereocenters. The largest absolute Gasteiger partial charge is 0.508 e. The molecule has 2 rings (SSSR count). The van der Waals surface area contributed by atoms with Gasteiger partial charge >= 0.3 is 0 Å². The first-order chi connectivity index (χ1) is 7.15. The van der Waals surface area contributed by atoms with E-state index in [9.17, 15) is 5.11 Å². The average molecular weight is 204 g/mol. The van der Waals surface area contributed by atoms with Gasteiger partial charge in [-0.15, -0.1) is 0 Å². The van der Waals surface area contributed by atoms with Gasteiger partial charge in [0.2, 0.25) is 0 Å². The van der Waals surface area contributed by atoms with E-state index >= 15 is 0 Å². The van der Waals surface area contributed by atoms with E-state index in [0.717, 1.165) is 12.8 Å². The first kappa shape index (κ1) is 10.5. The molecule has 1 aromatic rings. The van der Waals surface area contributed by atoms with E-state index in [1.807, 2.05) is 6.07 Å². The van der Waals surface area contributed by atoms with Gasteiger partial charge in [0.1, 0.15) is 5.75 Å². The minimum absolute atomic E-state index is 0.527.